The number of nitrogens with one attached hydrogen (secondary N) is 2. The van der Waals surface area contributed by atoms with Crippen molar-refractivity contribution in [2.75, 3.05) is 10.6 Å². The maximum atomic E-state index is 13.3. The number of anilines is 2. The highest BCUT2D eigenvalue weighted by Gasteiger charge is 2.14. The lowest BCUT2D eigenvalue weighted by molar-refractivity contribution is -0.387. The summed E-state index contributed by atoms with van der Waals surface area (Å²) in [7, 11) is 0. The Labute approximate surface area is 136 Å². The molecule has 0 atom stereocenters. The Morgan fingerprint density at radius 3 is 2.43 bits per heavy atom. The van der Waals surface area contributed by atoms with Gasteiger partial charge in [0.05, 0.1) is 4.92 Å². The number of ketones is 1. The Morgan fingerprint density at radius 1 is 1.17 bits per heavy atom. The highest BCUT2D eigenvalue weighted by molar-refractivity contribution is 7.80. The van der Waals surface area contributed by atoms with Gasteiger partial charge in [-0.2, -0.15) is 4.39 Å². The highest BCUT2D eigenvalue weighted by atomic mass is 32.1. The van der Waals surface area contributed by atoms with Crippen molar-refractivity contribution in [3.63, 3.8) is 0 Å². The van der Waals surface area contributed by atoms with Crippen molar-refractivity contribution in [2.45, 2.75) is 6.92 Å². The van der Waals surface area contributed by atoms with Crippen molar-refractivity contribution in [1.29, 1.82) is 0 Å². The SMILES string of the molecule is CC(=O)c1cccc(NC(=S)Nc2ccc(F)c([N+](=O)[O-])c2)c1. The van der Waals surface area contributed by atoms with Crippen molar-refractivity contribution in [1.82, 2.24) is 0 Å². The van der Waals surface area contributed by atoms with Crippen LogP contribution in [0.2, 0.25) is 0 Å². The number of benzene rings is 2. The average molecular weight is 333 g/mol. The van der Waals surface area contributed by atoms with Gasteiger partial charge in [-0.05, 0) is 43.4 Å². The van der Waals surface area contributed by atoms with Crippen LogP contribution in [0.3, 0.4) is 0 Å². The summed E-state index contributed by atoms with van der Waals surface area (Å²) in [5.41, 5.74) is 0.747. The van der Waals surface area contributed by atoms with Crippen molar-refractivity contribution in [2.24, 2.45) is 0 Å². The predicted octanol–water partition coefficient (Wildman–Crippen LogP) is 3.75. The maximum Gasteiger partial charge on any atom is 0.306 e. The fourth-order valence-electron chi connectivity index (χ4n) is 1.84. The first-order valence-corrected chi connectivity index (χ1v) is 6.90. The van der Waals surface area contributed by atoms with E-state index in [0.717, 1.165) is 12.1 Å². The normalized spacial score (nSPS) is 10.0. The molecule has 8 heteroatoms. The third-order valence-corrected chi connectivity index (χ3v) is 3.13. The monoisotopic (exact) mass is 333 g/mol. The Hall–Kier alpha value is -2.87. The van der Waals surface area contributed by atoms with Gasteiger partial charge in [-0.1, -0.05) is 12.1 Å². The lowest BCUT2D eigenvalue weighted by Crippen LogP contribution is -2.19. The number of carbonyl (C=O) groups excluding carboxylic acids is 1. The number of Topliss-reactive ketones (excluding diaryl/α,β-unsaturated/α-hetero) is 1. The van der Waals surface area contributed by atoms with Crippen LogP contribution in [0.15, 0.2) is 42.5 Å². The van der Waals surface area contributed by atoms with Gasteiger partial charge in [0.15, 0.2) is 10.9 Å². The van der Waals surface area contributed by atoms with Gasteiger partial charge >= 0.3 is 5.69 Å². The first-order valence-electron chi connectivity index (χ1n) is 6.50. The number of nitrogens with zero attached hydrogens (tertiary/aromatic N) is 1. The van der Waals surface area contributed by atoms with Gasteiger partial charge in [-0.15, -0.1) is 0 Å². The van der Waals surface area contributed by atoms with E-state index < -0.39 is 16.4 Å². The topological polar surface area (TPSA) is 84.3 Å². The molecule has 2 N–H and O–H groups in total. The maximum absolute atomic E-state index is 13.3. The molecule has 0 amide bonds. The van der Waals surface area contributed by atoms with Gasteiger partial charge in [0, 0.05) is 23.0 Å². The summed E-state index contributed by atoms with van der Waals surface area (Å²) in [6, 6.07) is 10.1. The summed E-state index contributed by atoms with van der Waals surface area (Å²) in [5.74, 6) is -1.00. The fourth-order valence-corrected chi connectivity index (χ4v) is 2.08. The molecule has 6 nitrogen and oxygen atoms in total. The standard InChI is InChI=1S/C15H12FN3O3S/c1-9(20)10-3-2-4-11(7-10)17-15(23)18-12-5-6-13(16)14(8-12)19(21)22/h2-8H,1H3,(H2,17,18,23). The minimum Gasteiger partial charge on any atom is -0.332 e. The van der Waals surface area contributed by atoms with Crippen molar-refractivity contribution in [3.8, 4) is 0 Å². The van der Waals surface area contributed by atoms with E-state index in [2.05, 4.69) is 10.6 Å². The second-order valence-electron chi connectivity index (χ2n) is 4.64. The lowest BCUT2D eigenvalue weighted by atomic mass is 10.1. The Kier molecular flexibility index (Phi) is 4.97. The predicted molar refractivity (Wildman–Crippen MR) is 89.3 cm³/mol. The van der Waals surface area contributed by atoms with Crippen molar-refractivity contribution < 1.29 is 14.1 Å². The lowest BCUT2D eigenvalue weighted by Gasteiger charge is -2.11. The van der Waals surface area contributed by atoms with E-state index in [9.17, 15) is 19.3 Å². The number of hydrogen-bond acceptors (Lipinski definition) is 4. The molecule has 0 aliphatic heterocycles. The Morgan fingerprint density at radius 2 is 1.83 bits per heavy atom. The molecule has 2 aromatic carbocycles. The molecule has 0 spiro atoms. The van der Waals surface area contributed by atoms with E-state index >= 15 is 0 Å². The number of thiocarbonyl (C=S) groups is 1. The minimum atomic E-state index is -0.923. The smallest absolute Gasteiger partial charge is 0.306 e. The Balaban J connectivity index is 2.11. The fraction of sp³-hybridized carbons (Fsp3) is 0.0667. The summed E-state index contributed by atoms with van der Waals surface area (Å²) in [6.07, 6.45) is 0. The van der Waals surface area contributed by atoms with Crippen LogP contribution in [0.4, 0.5) is 21.5 Å². The molecular weight excluding hydrogens is 321 g/mol. The van der Waals surface area contributed by atoms with Crippen LogP contribution in [0, 0.1) is 15.9 Å². The molecular formula is C15H12FN3O3S. The van der Waals surface area contributed by atoms with Crippen LogP contribution >= 0.6 is 12.2 Å². The summed E-state index contributed by atoms with van der Waals surface area (Å²) in [5, 5.41) is 16.4. The van der Waals surface area contributed by atoms with E-state index in [4.69, 9.17) is 12.2 Å². The highest BCUT2D eigenvalue weighted by Crippen LogP contribution is 2.22. The number of halogens is 1. The van der Waals surface area contributed by atoms with Crippen LogP contribution in [-0.2, 0) is 0 Å². The second-order valence-corrected chi connectivity index (χ2v) is 5.05. The molecule has 2 aromatic rings. The summed E-state index contributed by atoms with van der Waals surface area (Å²) in [6.45, 7) is 1.45. The quantitative estimate of drug-likeness (QED) is 0.384. The van der Waals surface area contributed by atoms with E-state index in [1.54, 1.807) is 24.3 Å². The van der Waals surface area contributed by atoms with Gasteiger partial charge in [0.25, 0.3) is 0 Å². The van der Waals surface area contributed by atoms with Gasteiger partial charge in [-0.25, -0.2) is 0 Å². The number of rotatable bonds is 4. The molecule has 0 aliphatic rings. The molecule has 23 heavy (non-hydrogen) atoms. The molecule has 118 valence electrons. The average Bonchev–Trinajstić information content (AvgIpc) is 2.49. The van der Waals surface area contributed by atoms with E-state index in [1.807, 2.05) is 0 Å². The molecule has 0 aromatic heterocycles. The van der Waals surface area contributed by atoms with Gasteiger partial charge in [-0.3, -0.25) is 14.9 Å². The van der Waals surface area contributed by atoms with Crippen molar-refractivity contribution in [3.05, 3.63) is 64.0 Å². The second kappa shape index (κ2) is 6.93. The zero-order chi connectivity index (χ0) is 17.0. The third kappa shape index (κ3) is 4.30. The first kappa shape index (κ1) is 16.5. The number of carbonyl (C=O) groups is 1. The first-order chi connectivity index (χ1) is 10.9. The summed E-state index contributed by atoms with van der Waals surface area (Å²) in [4.78, 5) is 21.2. The summed E-state index contributed by atoms with van der Waals surface area (Å²) < 4.78 is 13.3. The van der Waals surface area contributed by atoms with Crippen LogP contribution in [0.1, 0.15) is 17.3 Å². The molecule has 0 fully saturated rings. The zero-order valence-electron chi connectivity index (χ0n) is 12.0. The van der Waals surface area contributed by atoms with E-state index in [-0.39, 0.29) is 16.6 Å². The molecule has 0 saturated heterocycles. The minimum absolute atomic E-state index is 0.0818. The Bertz CT molecular complexity index is 795. The zero-order valence-corrected chi connectivity index (χ0v) is 12.8. The molecule has 0 unspecified atom stereocenters. The number of nitro groups is 1. The summed E-state index contributed by atoms with van der Waals surface area (Å²) >= 11 is 5.10. The third-order valence-electron chi connectivity index (χ3n) is 2.93. The van der Waals surface area contributed by atoms with Crippen LogP contribution in [0.25, 0.3) is 0 Å². The molecule has 0 aliphatic carbocycles. The number of hydrogen-bond donors (Lipinski definition) is 2. The van der Waals surface area contributed by atoms with Gasteiger partial charge in [0.2, 0.25) is 5.82 Å². The van der Waals surface area contributed by atoms with Gasteiger partial charge < -0.3 is 10.6 Å². The molecule has 0 bridgehead atoms. The molecule has 2 rings (SSSR count). The number of nitro benzene ring substituents is 1. The van der Waals surface area contributed by atoms with Crippen LogP contribution in [0.5, 0.6) is 0 Å². The molecule has 0 heterocycles. The van der Waals surface area contributed by atoms with Crippen molar-refractivity contribution >= 4 is 40.2 Å². The van der Waals surface area contributed by atoms with E-state index in [0.29, 0.717) is 11.3 Å². The largest absolute Gasteiger partial charge is 0.332 e. The molecule has 0 radical (unpaired) electrons. The van der Waals surface area contributed by atoms with Crippen LogP contribution < -0.4 is 10.6 Å². The van der Waals surface area contributed by atoms with Crippen LogP contribution in [-0.4, -0.2) is 15.8 Å². The van der Waals surface area contributed by atoms with Gasteiger partial charge in [0.1, 0.15) is 0 Å². The van der Waals surface area contributed by atoms with E-state index in [1.165, 1.54) is 13.0 Å². The molecule has 0 saturated carbocycles.